The van der Waals surface area contributed by atoms with Crippen LogP contribution < -0.4 is 5.32 Å². The zero-order valence-electron chi connectivity index (χ0n) is 15.6. The molecule has 1 aliphatic rings. The Morgan fingerprint density at radius 2 is 2.08 bits per heavy atom. The molecule has 0 saturated carbocycles. The second-order valence-electron chi connectivity index (χ2n) is 7.16. The molecule has 1 N–H and O–H groups in total. The number of guanidine groups is 1. The molecule has 0 radical (unpaired) electrons. The van der Waals surface area contributed by atoms with Gasteiger partial charge in [-0.15, -0.1) is 0 Å². The van der Waals surface area contributed by atoms with Gasteiger partial charge in [0.25, 0.3) is 0 Å². The molecular weight excluding hydrogens is 348 g/mol. The number of rotatable bonds is 3. The summed E-state index contributed by atoms with van der Waals surface area (Å²) in [6.07, 6.45) is 1.80. The molecule has 2 heterocycles. The summed E-state index contributed by atoms with van der Waals surface area (Å²) in [5, 5.41) is 4.39. The van der Waals surface area contributed by atoms with Crippen LogP contribution in [-0.2, 0) is 16.4 Å². The molecule has 26 heavy (non-hydrogen) atoms. The zero-order valence-corrected chi connectivity index (χ0v) is 16.4. The maximum absolute atomic E-state index is 12.3. The van der Waals surface area contributed by atoms with Crippen LogP contribution in [0, 0.1) is 0 Å². The van der Waals surface area contributed by atoms with Gasteiger partial charge in [-0.3, -0.25) is 4.98 Å². The molecule has 0 bridgehead atoms. The van der Waals surface area contributed by atoms with E-state index in [4.69, 9.17) is 4.99 Å². The number of benzene rings is 1. The fraction of sp³-hybridized carbons (Fsp3) is 0.474. The highest BCUT2D eigenvalue weighted by Crippen LogP contribution is 2.24. The normalized spacial score (nSPS) is 19.5. The Balaban J connectivity index is 1.86. The van der Waals surface area contributed by atoms with Gasteiger partial charge in [0.2, 0.25) is 0 Å². The molecule has 1 aromatic heterocycles. The smallest absolute Gasteiger partial charge is 0.194 e. The van der Waals surface area contributed by atoms with E-state index in [1.165, 1.54) is 0 Å². The molecule has 6 nitrogen and oxygen atoms in total. The van der Waals surface area contributed by atoms with Crippen molar-refractivity contribution < 1.29 is 8.42 Å². The van der Waals surface area contributed by atoms with Crippen molar-refractivity contribution in [3.63, 3.8) is 0 Å². The van der Waals surface area contributed by atoms with Gasteiger partial charge < -0.3 is 10.2 Å². The molecule has 1 aliphatic heterocycles. The SMILES string of the molecule is CCNC(=NCc1ccnc2ccccc12)N1CCS(=O)(=O)C(C)(C)C1. The maximum Gasteiger partial charge on any atom is 0.194 e. The predicted molar refractivity (Wildman–Crippen MR) is 106 cm³/mol. The predicted octanol–water partition coefficient (Wildman–Crippen LogP) is 2.21. The van der Waals surface area contributed by atoms with Crippen molar-refractivity contribution in [3.8, 4) is 0 Å². The number of para-hydroxylation sites is 1. The Labute approximate surface area is 155 Å². The summed E-state index contributed by atoms with van der Waals surface area (Å²) in [5.41, 5.74) is 2.06. The fourth-order valence-electron chi connectivity index (χ4n) is 3.20. The zero-order chi connectivity index (χ0) is 18.8. The second-order valence-corrected chi connectivity index (χ2v) is 9.90. The first kappa shape index (κ1) is 18.6. The van der Waals surface area contributed by atoms with E-state index in [9.17, 15) is 8.42 Å². The van der Waals surface area contributed by atoms with Crippen LogP contribution in [0.3, 0.4) is 0 Å². The number of fused-ring (bicyclic) bond motifs is 1. The molecule has 3 rings (SSSR count). The van der Waals surface area contributed by atoms with E-state index in [1.54, 1.807) is 20.0 Å². The van der Waals surface area contributed by atoms with E-state index >= 15 is 0 Å². The van der Waals surface area contributed by atoms with E-state index in [-0.39, 0.29) is 5.75 Å². The van der Waals surface area contributed by atoms with Crippen molar-refractivity contribution in [2.24, 2.45) is 4.99 Å². The first-order valence-corrected chi connectivity index (χ1v) is 10.6. The van der Waals surface area contributed by atoms with Crippen LogP contribution >= 0.6 is 0 Å². The van der Waals surface area contributed by atoms with Gasteiger partial charge >= 0.3 is 0 Å². The summed E-state index contributed by atoms with van der Waals surface area (Å²) in [7, 11) is -3.07. The Morgan fingerprint density at radius 1 is 1.31 bits per heavy atom. The summed E-state index contributed by atoms with van der Waals surface area (Å²) >= 11 is 0. The lowest BCUT2D eigenvalue weighted by atomic mass is 10.1. The van der Waals surface area contributed by atoms with Crippen LogP contribution in [0.25, 0.3) is 10.9 Å². The van der Waals surface area contributed by atoms with Crippen molar-refractivity contribution in [1.82, 2.24) is 15.2 Å². The van der Waals surface area contributed by atoms with Gasteiger partial charge in [0.1, 0.15) is 0 Å². The van der Waals surface area contributed by atoms with Crippen molar-refractivity contribution in [2.75, 3.05) is 25.4 Å². The van der Waals surface area contributed by atoms with Gasteiger partial charge in [-0.1, -0.05) is 18.2 Å². The third-order valence-electron chi connectivity index (χ3n) is 4.82. The monoisotopic (exact) mass is 374 g/mol. The van der Waals surface area contributed by atoms with Gasteiger partial charge in [0, 0.05) is 31.2 Å². The Kier molecular flexibility index (Phi) is 5.18. The van der Waals surface area contributed by atoms with Crippen molar-refractivity contribution in [1.29, 1.82) is 0 Å². The fourth-order valence-corrected chi connectivity index (χ4v) is 4.57. The van der Waals surface area contributed by atoms with Gasteiger partial charge in [-0.2, -0.15) is 0 Å². The molecule has 1 aromatic carbocycles. The lowest BCUT2D eigenvalue weighted by Gasteiger charge is -2.39. The second kappa shape index (κ2) is 7.23. The van der Waals surface area contributed by atoms with Crippen LogP contribution in [0.5, 0.6) is 0 Å². The van der Waals surface area contributed by atoms with Crippen LogP contribution in [-0.4, -0.2) is 54.4 Å². The number of hydrogen-bond donors (Lipinski definition) is 1. The average molecular weight is 375 g/mol. The molecule has 7 heteroatoms. The van der Waals surface area contributed by atoms with E-state index in [0.29, 0.717) is 19.6 Å². The van der Waals surface area contributed by atoms with Crippen LogP contribution in [0.15, 0.2) is 41.5 Å². The third kappa shape index (κ3) is 3.67. The summed E-state index contributed by atoms with van der Waals surface area (Å²) in [6, 6.07) is 10.0. The summed E-state index contributed by atoms with van der Waals surface area (Å²) in [4.78, 5) is 11.2. The van der Waals surface area contributed by atoms with Crippen LogP contribution in [0.4, 0.5) is 0 Å². The topological polar surface area (TPSA) is 74.7 Å². The van der Waals surface area contributed by atoms with E-state index in [2.05, 4.69) is 16.4 Å². The summed E-state index contributed by atoms with van der Waals surface area (Å²) in [6.45, 7) is 7.76. The highest BCUT2D eigenvalue weighted by molar-refractivity contribution is 7.92. The Morgan fingerprint density at radius 3 is 2.81 bits per heavy atom. The molecular formula is C19H26N4O2S. The number of nitrogens with zero attached hydrogens (tertiary/aromatic N) is 3. The van der Waals surface area contributed by atoms with Crippen molar-refractivity contribution in [2.45, 2.75) is 32.1 Å². The average Bonchev–Trinajstić information content (AvgIpc) is 2.61. The molecule has 1 saturated heterocycles. The lowest BCUT2D eigenvalue weighted by Crippen LogP contribution is -2.57. The molecule has 1 fully saturated rings. The lowest BCUT2D eigenvalue weighted by molar-refractivity contribution is 0.353. The summed E-state index contributed by atoms with van der Waals surface area (Å²) < 4.78 is 23.7. The number of sulfone groups is 1. The minimum absolute atomic E-state index is 0.155. The third-order valence-corrected chi connectivity index (χ3v) is 7.35. The van der Waals surface area contributed by atoms with E-state index < -0.39 is 14.6 Å². The minimum Gasteiger partial charge on any atom is -0.357 e. The molecule has 0 atom stereocenters. The van der Waals surface area contributed by atoms with E-state index in [0.717, 1.165) is 29.0 Å². The highest BCUT2D eigenvalue weighted by Gasteiger charge is 2.40. The van der Waals surface area contributed by atoms with Crippen LogP contribution in [0.2, 0.25) is 0 Å². The first-order chi connectivity index (χ1) is 12.3. The standard InChI is InChI=1S/C19H26N4O2S/c1-4-20-18(23-11-12-26(24,25)19(2,3)14-23)22-13-15-9-10-21-17-8-6-5-7-16(15)17/h5-10H,4,11-14H2,1-3H3,(H,20,22). The number of aromatic nitrogens is 1. The van der Waals surface area contributed by atoms with Crippen LogP contribution in [0.1, 0.15) is 26.3 Å². The van der Waals surface area contributed by atoms with Crippen molar-refractivity contribution >= 4 is 26.7 Å². The number of hydrogen-bond acceptors (Lipinski definition) is 4. The molecule has 0 aliphatic carbocycles. The molecule has 0 spiro atoms. The van der Waals surface area contributed by atoms with E-state index in [1.807, 2.05) is 36.1 Å². The highest BCUT2D eigenvalue weighted by atomic mass is 32.2. The molecule has 2 aromatic rings. The largest absolute Gasteiger partial charge is 0.357 e. The van der Waals surface area contributed by atoms with Gasteiger partial charge in [0.05, 0.1) is 22.6 Å². The summed E-state index contributed by atoms with van der Waals surface area (Å²) in [5.74, 6) is 0.916. The quantitative estimate of drug-likeness (QED) is 0.659. The maximum atomic E-state index is 12.3. The number of aliphatic imine (C=N–C) groups is 1. The Hall–Kier alpha value is -2.15. The number of nitrogens with one attached hydrogen (secondary N) is 1. The Bertz CT molecular complexity index is 917. The molecule has 140 valence electrons. The van der Waals surface area contributed by atoms with Gasteiger partial charge in [-0.25, -0.2) is 13.4 Å². The molecule has 0 unspecified atom stereocenters. The van der Waals surface area contributed by atoms with Crippen molar-refractivity contribution in [3.05, 3.63) is 42.1 Å². The first-order valence-electron chi connectivity index (χ1n) is 8.92. The van der Waals surface area contributed by atoms with Gasteiger partial charge in [-0.05, 0) is 38.5 Å². The number of pyridine rings is 1. The molecule has 0 amide bonds. The minimum atomic E-state index is -3.07. The van der Waals surface area contributed by atoms with Gasteiger partial charge in [0.15, 0.2) is 15.8 Å².